The van der Waals surface area contributed by atoms with E-state index in [1.54, 1.807) is 0 Å². The molecule has 1 N–H and O–H groups in total. The van der Waals surface area contributed by atoms with Crippen LogP contribution >= 0.6 is 0 Å². The van der Waals surface area contributed by atoms with E-state index < -0.39 is 0 Å². The van der Waals surface area contributed by atoms with Crippen LogP contribution in [0.25, 0.3) is 11.1 Å². The zero-order valence-corrected chi connectivity index (χ0v) is 13.2. The Balaban J connectivity index is 2.34. The highest BCUT2D eigenvalue weighted by atomic mass is 16.5. The summed E-state index contributed by atoms with van der Waals surface area (Å²) in [6.45, 7) is 8.34. The molecule has 0 radical (unpaired) electrons. The molecule has 0 spiro atoms. The highest BCUT2D eigenvalue weighted by Gasteiger charge is 2.29. The van der Waals surface area contributed by atoms with Crippen LogP contribution in [0.5, 0.6) is 11.5 Å². The van der Waals surface area contributed by atoms with Gasteiger partial charge in [-0.3, -0.25) is 0 Å². The van der Waals surface area contributed by atoms with E-state index in [1.807, 2.05) is 19.1 Å². The fourth-order valence-electron chi connectivity index (χ4n) is 3.39. The molecule has 2 aromatic carbocycles. The van der Waals surface area contributed by atoms with Gasteiger partial charge in [0.2, 0.25) is 0 Å². The summed E-state index contributed by atoms with van der Waals surface area (Å²) < 4.78 is 6.15. The second kappa shape index (κ2) is 5.10. The van der Waals surface area contributed by atoms with E-state index in [-0.39, 0.29) is 6.10 Å². The number of benzene rings is 2. The summed E-state index contributed by atoms with van der Waals surface area (Å²) in [4.78, 5) is 0. The van der Waals surface area contributed by atoms with Crippen LogP contribution in [-0.2, 0) is 6.42 Å². The molecule has 0 fully saturated rings. The predicted molar refractivity (Wildman–Crippen MR) is 86.1 cm³/mol. The number of phenols is 1. The number of hydrogen-bond donors (Lipinski definition) is 1. The van der Waals surface area contributed by atoms with Crippen LogP contribution in [-0.4, -0.2) is 5.11 Å². The van der Waals surface area contributed by atoms with Crippen molar-refractivity contribution < 1.29 is 9.84 Å². The SMILES string of the molecule is CCCc1c(C)c(O)c2c(c1C)OC(C)c1ccccc1-2. The first-order chi connectivity index (χ1) is 10.1. The Morgan fingerprint density at radius 3 is 2.57 bits per heavy atom. The third kappa shape index (κ3) is 2.01. The number of phenolic OH excluding ortho intramolecular Hbond substituents is 1. The fraction of sp³-hybridized carbons (Fsp3) is 0.368. The Kier molecular flexibility index (Phi) is 3.40. The molecule has 2 aromatic rings. The molecule has 2 nitrogen and oxygen atoms in total. The van der Waals surface area contributed by atoms with Gasteiger partial charge in [0.25, 0.3) is 0 Å². The van der Waals surface area contributed by atoms with Crippen LogP contribution in [0.3, 0.4) is 0 Å². The van der Waals surface area contributed by atoms with Gasteiger partial charge in [0.05, 0.1) is 5.56 Å². The lowest BCUT2D eigenvalue weighted by molar-refractivity contribution is 0.220. The van der Waals surface area contributed by atoms with E-state index >= 15 is 0 Å². The fourth-order valence-corrected chi connectivity index (χ4v) is 3.39. The van der Waals surface area contributed by atoms with E-state index in [4.69, 9.17) is 4.74 Å². The monoisotopic (exact) mass is 282 g/mol. The molecular weight excluding hydrogens is 260 g/mol. The van der Waals surface area contributed by atoms with Gasteiger partial charge < -0.3 is 9.84 Å². The Morgan fingerprint density at radius 1 is 1.14 bits per heavy atom. The minimum atomic E-state index is 0.0176. The van der Waals surface area contributed by atoms with Gasteiger partial charge in [-0.05, 0) is 49.4 Å². The van der Waals surface area contributed by atoms with Gasteiger partial charge in [0, 0.05) is 5.56 Å². The molecule has 3 rings (SSSR count). The van der Waals surface area contributed by atoms with Gasteiger partial charge in [-0.15, -0.1) is 0 Å². The van der Waals surface area contributed by atoms with Gasteiger partial charge in [-0.1, -0.05) is 37.6 Å². The molecular formula is C19H22O2. The van der Waals surface area contributed by atoms with Crippen LogP contribution < -0.4 is 4.74 Å². The van der Waals surface area contributed by atoms with Crippen molar-refractivity contribution in [2.75, 3.05) is 0 Å². The predicted octanol–water partition coefficient (Wildman–Crippen LogP) is 5.08. The molecule has 110 valence electrons. The smallest absolute Gasteiger partial charge is 0.134 e. The van der Waals surface area contributed by atoms with Crippen molar-refractivity contribution in [1.29, 1.82) is 0 Å². The van der Waals surface area contributed by atoms with Gasteiger partial charge in [-0.2, -0.15) is 0 Å². The summed E-state index contributed by atoms with van der Waals surface area (Å²) >= 11 is 0. The molecule has 0 saturated carbocycles. The zero-order valence-electron chi connectivity index (χ0n) is 13.2. The van der Waals surface area contributed by atoms with Crippen molar-refractivity contribution in [3.05, 3.63) is 46.5 Å². The van der Waals surface area contributed by atoms with Crippen LogP contribution in [0.4, 0.5) is 0 Å². The van der Waals surface area contributed by atoms with Crippen LogP contribution in [0, 0.1) is 13.8 Å². The topological polar surface area (TPSA) is 29.5 Å². The van der Waals surface area contributed by atoms with Crippen LogP contribution in [0.1, 0.15) is 48.6 Å². The van der Waals surface area contributed by atoms with E-state index in [1.165, 1.54) is 11.1 Å². The summed E-state index contributed by atoms with van der Waals surface area (Å²) in [5.74, 6) is 1.23. The first-order valence-electron chi connectivity index (χ1n) is 7.67. The van der Waals surface area contributed by atoms with Gasteiger partial charge in [-0.25, -0.2) is 0 Å². The maximum Gasteiger partial charge on any atom is 0.134 e. The number of rotatable bonds is 2. The standard InChI is InChI=1S/C19H22O2/c1-5-8-14-11(2)18(20)17-16-10-7-6-9-15(16)13(4)21-19(17)12(14)3/h6-7,9-10,13,20H,5,8H2,1-4H3. The number of hydrogen-bond acceptors (Lipinski definition) is 2. The number of aromatic hydroxyl groups is 1. The minimum absolute atomic E-state index is 0.0176. The van der Waals surface area contributed by atoms with Crippen molar-refractivity contribution >= 4 is 0 Å². The lowest BCUT2D eigenvalue weighted by Crippen LogP contribution is -2.13. The molecule has 0 bridgehead atoms. The summed E-state index contributed by atoms with van der Waals surface area (Å²) in [5.41, 5.74) is 6.48. The van der Waals surface area contributed by atoms with Crippen molar-refractivity contribution in [2.45, 2.75) is 46.6 Å². The molecule has 0 saturated heterocycles. The summed E-state index contributed by atoms with van der Waals surface area (Å²) in [5, 5.41) is 10.7. The summed E-state index contributed by atoms with van der Waals surface area (Å²) in [6, 6.07) is 8.19. The van der Waals surface area contributed by atoms with Gasteiger partial charge in [0.15, 0.2) is 0 Å². The number of ether oxygens (including phenoxy) is 1. The quantitative estimate of drug-likeness (QED) is 0.832. The van der Waals surface area contributed by atoms with Crippen molar-refractivity contribution in [3.8, 4) is 22.6 Å². The normalized spacial score (nSPS) is 16.1. The second-order valence-electron chi connectivity index (χ2n) is 5.88. The number of fused-ring (bicyclic) bond motifs is 3. The largest absolute Gasteiger partial charge is 0.507 e. The molecule has 1 unspecified atom stereocenters. The molecule has 1 atom stereocenters. The van der Waals surface area contributed by atoms with Gasteiger partial charge >= 0.3 is 0 Å². The molecule has 0 aromatic heterocycles. The molecule has 21 heavy (non-hydrogen) atoms. The van der Waals surface area contributed by atoms with Crippen LogP contribution in [0.2, 0.25) is 0 Å². The minimum Gasteiger partial charge on any atom is -0.507 e. The van der Waals surface area contributed by atoms with E-state index in [0.717, 1.165) is 40.8 Å². The molecule has 0 aliphatic carbocycles. The maximum absolute atomic E-state index is 10.7. The average molecular weight is 282 g/mol. The highest BCUT2D eigenvalue weighted by Crippen LogP contribution is 2.51. The Bertz CT molecular complexity index is 701. The first kappa shape index (κ1) is 14.0. The second-order valence-corrected chi connectivity index (χ2v) is 5.88. The summed E-state index contributed by atoms with van der Waals surface area (Å²) in [6.07, 6.45) is 2.05. The third-order valence-electron chi connectivity index (χ3n) is 4.53. The van der Waals surface area contributed by atoms with E-state index in [9.17, 15) is 5.11 Å². The Labute approximate surface area is 126 Å². The van der Waals surface area contributed by atoms with E-state index in [0.29, 0.717) is 5.75 Å². The van der Waals surface area contributed by atoms with Crippen molar-refractivity contribution in [1.82, 2.24) is 0 Å². The molecule has 0 amide bonds. The van der Waals surface area contributed by atoms with E-state index in [2.05, 4.69) is 32.9 Å². The van der Waals surface area contributed by atoms with Crippen molar-refractivity contribution in [3.63, 3.8) is 0 Å². The molecule has 2 heteroatoms. The summed E-state index contributed by atoms with van der Waals surface area (Å²) in [7, 11) is 0. The highest BCUT2D eigenvalue weighted by molar-refractivity contribution is 5.84. The van der Waals surface area contributed by atoms with Crippen molar-refractivity contribution in [2.24, 2.45) is 0 Å². The Hall–Kier alpha value is -1.96. The lowest BCUT2D eigenvalue weighted by Gasteiger charge is -2.30. The molecule has 1 aliphatic rings. The third-order valence-corrected chi connectivity index (χ3v) is 4.53. The maximum atomic E-state index is 10.7. The molecule has 1 heterocycles. The average Bonchev–Trinajstić information content (AvgIpc) is 2.49. The molecule has 1 aliphatic heterocycles. The Morgan fingerprint density at radius 2 is 1.86 bits per heavy atom. The van der Waals surface area contributed by atoms with Crippen LogP contribution in [0.15, 0.2) is 24.3 Å². The van der Waals surface area contributed by atoms with Gasteiger partial charge in [0.1, 0.15) is 17.6 Å². The lowest BCUT2D eigenvalue weighted by atomic mass is 9.86. The zero-order chi connectivity index (χ0) is 15.1. The first-order valence-corrected chi connectivity index (χ1v) is 7.67.